The Morgan fingerprint density at radius 3 is 2.23 bits per heavy atom. The summed E-state index contributed by atoms with van der Waals surface area (Å²) in [6, 6.07) is 11.8. The van der Waals surface area contributed by atoms with E-state index >= 15 is 0 Å². The number of oxazole rings is 1. The maximum absolute atomic E-state index is 13.0. The first-order chi connectivity index (χ1) is 12.7. The van der Waals surface area contributed by atoms with Crippen LogP contribution in [0.25, 0.3) is 22.8 Å². The Bertz CT molecular complexity index is 930. The van der Waals surface area contributed by atoms with Crippen LogP contribution >= 0.6 is 11.8 Å². The zero-order valence-corrected chi connectivity index (χ0v) is 14.0. The SMILES string of the molecule is Fc1ccc(-c2cnc(SCc3noc(-c4ccc(F)cc4)n3)o2)cc1. The van der Waals surface area contributed by atoms with Gasteiger partial charge in [0, 0.05) is 11.1 Å². The van der Waals surface area contributed by atoms with Crippen molar-refractivity contribution in [2.75, 3.05) is 0 Å². The van der Waals surface area contributed by atoms with Crippen LogP contribution in [0.5, 0.6) is 0 Å². The molecule has 8 heteroatoms. The largest absolute Gasteiger partial charge is 0.431 e. The minimum atomic E-state index is -0.329. The predicted molar refractivity (Wildman–Crippen MR) is 91.1 cm³/mol. The van der Waals surface area contributed by atoms with Gasteiger partial charge in [-0.2, -0.15) is 4.98 Å². The van der Waals surface area contributed by atoms with Crippen LogP contribution in [0.2, 0.25) is 0 Å². The monoisotopic (exact) mass is 371 g/mol. The average Bonchev–Trinajstić information content (AvgIpc) is 3.31. The second-order valence-electron chi connectivity index (χ2n) is 5.31. The fraction of sp³-hybridized carbons (Fsp3) is 0.0556. The van der Waals surface area contributed by atoms with Gasteiger partial charge in [0.15, 0.2) is 11.6 Å². The van der Waals surface area contributed by atoms with Crippen molar-refractivity contribution in [3.8, 4) is 22.8 Å². The topological polar surface area (TPSA) is 65.0 Å². The highest BCUT2D eigenvalue weighted by molar-refractivity contribution is 7.98. The Morgan fingerprint density at radius 1 is 0.885 bits per heavy atom. The Balaban J connectivity index is 1.42. The maximum Gasteiger partial charge on any atom is 0.257 e. The molecule has 0 N–H and O–H groups in total. The summed E-state index contributed by atoms with van der Waals surface area (Å²) in [7, 11) is 0. The molecule has 0 atom stereocenters. The van der Waals surface area contributed by atoms with Crippen molar-refractivity contribution in [3.63, 3.8) is 0 Å². The zero-order chi connectivity index (χ0) is 17.9. The summed E-state index contributed by atoms with van der Waals surface area (Å²) in [5.74, 6) is 1.10. The number of halogens is 2. The summed E-state index contributed by atoms with van der Waals surface area (Å²) in [6.07, 6.45) is 1.58. The molecule has 2 aromatic heterocycles. The molecule has 4 rings (SSSR count). The van der Waals surface area contributed by atoms with Crippen LogP contribution in [0.1, 0.15) is 5.82 Å². The second-order valence-corrected chi connectivity index (χ2v) is 6.24. The Hall–Kier alpha value is -3.00. The van der Waals surface area contributed by atoms with Crippen molar-refractivity contribution in [1.29, 1.82) is 0 Å². The third-order valence-corrected chi connectivity index (χ3v) is 4.34. The highest BCUT2D eigenvalue weighted by Crippen LogP contribution is 2.27. The van der Waals surface area contributed by atoms with Crippen molar-refractivity contribution in [1.82, 2.24) is 15.1 Å². The standard InChI is InChI=1S/C18H11F2N3O2S/c19-13-5-1-11(2-6-13)15-9-21-18(24-15)26-10-16-22-17(25-23-16)12-3-7-14(20)8-4-12/h1-9H,10H2. The summed E-state index contributed by atoms with van der Waals surface area (Å²) in [5.41, 5.74) is 1.38. The number of thioether (sulfide) groups is 1. The molecule has 2 heterocycles. The van der Waals surface area contributed by atoms with Crippen LogP contribution in [-0.4, -0.2) is 15.1 Å². The first kappa shape index (κ1) is 16.5. The maximum atomic E-state index is 13.0. The molecule has 4 aromatic rings. The van der Waals surface area contributed by atoms with E-state index in [4.69, 9.17) is 8.94 Å². The molecule has 0 amide bonds. The third-order valence-electron chi connectivity index (χ3n) is 3.50. The summed E-state index contributed by atoms with van der Waals surface area (Å²) in [5, 5.41) is 4.34. The molecule has 26 heavy (non-hydrogen) atoms. The van der Waals surface area contributed by atoms with Crippen LogP contribution in [0.4, 0.5) is 8.78 Å². The van der Waals surface area contributed by atoms with E-state index in [9.17, 15) is 8.78 Å². The summed E-state index contributed by atoms with van der Waals surface area (Å²) in [4.78, 5) is 8.45. The van der Waals surface area contributed by atoms with Crippen LogP contribution < -0.4 is 0 Å². The number of nitrogens with zero attached hydrogens (tertiary/aromatic N) is 3. The van der Waals surface area contributed by atoms with Crippen LogP contribution in [0.3, 0.4) is 0 Å². The quantitative estimate of drug-likeness (QED) is 0.462. The molecule has 0 saturated carbocycles. The van der Waals surface area contributed by atoms with Gasteiger partial charge in [-0.05, 0) is 48.5 Å². The molecular weight excluding hydrogens is 360 g/mol. The van der Waals surface area contributed by atoms with Crippen molar-refractivity contribution < 1.29 is 17.7 Å². The molecule has 130 valence electrons. The van der Waals surface area contributed by atoms with E-state index in [2.05, 4.69) is 15.1 Å². The normalized spacial score (nSPS) is 11.0. The average molecular weight is 371 g/mol. The Labute approximate surface area is 151 Å². The number of rotatable bonds is 5. The van der Waals surface area contributed by atoms with Gasteiger partial charge in [-0.3, -0.25) is 0 Å². The molecule has 0 fully saturated rings. The zero-order valence-electron chi connectivity index (χ0n) is 13.2. The molecule has 0 saturated heterocycles. The first-order valence-electron chi connectivity index (χ1n) is 7.60. The van der Waals surface area contributed by atoms with Crippen molar-refractivity contribution >= 4 is 11.8 Å². The van der Waals surface area contributed by atoms with E-state index in [1.807, 2.05) is 0 Å². The minimum absolute atomic E-state index is 0.308. The summed E-state index contributed by atoms with van der Waals surface area (Å²) >= 11 is 1.31. The predicted octanol–water partition coefficient (Wildman–Crippen LogP) is 4.96. The fourth-order valence-corrected chi connectivity index (χ4v) is 2.87. The lowest BCUT2D eigenvalue weighted by molar-refractivity contribution is 0.425. The smallest absolute Gasteiger partial charge is 0.257 e. The fourth-order valence-electron chi connectivity index (χ4n) is 2.22. The summed E-state index contributed by atoms with van der Waals surface area (Å²) < 4.78 is 36.7. The Morgan fingerprint density at radius 2 is 1.54 bits per heavy atom. The van der Waals surface area contributed by atoms with Gasteiger partial charge in [0.05, 0.1) is 11.9 Å². The molecule has 0 aliphatic carbocycles. The molecular formula is C18H11F2N3O2S. The third kappa shape index (κ3) is 3.65. The molecule has 0 bridgehead atoms. The van der Waals surface area contributed by atoms with Gasteiger partial charge >= 0.3 is 0 Å². The number of hydrogen-bond donors (Lipinski definition) is 0. The number of aromatic nitrogens is 3. The van der Waals surface area contributed by atoms with Gasteiger partial charge in [0.25, 0.3) is 11.1 Å². The van der Waals surface area contributed by atoms with E-state index in [0.29, 0.717) is 34.0 Å². The van der Waals surface area contributed by atoms with Crippen LogP contribution in [0, 0.1) is 11.6 Å². The molecule has 0 unspecified atom stereocenters. The molecule has 2 aromatic carbocycles. The molecule has 0 aliphatic rings. The summed E-state index contributed by atoms with van der Waals surface area (Å²) in [6.45, 7) is 0. The highest BCUT2D eigenvalue weighted by Gasteiger charge is 2.12. The first-order valence-corrected chi connectivity index (χ1v) is 8.59. The van der Waals surface area contributed by atoms with E-state index in [-0.39, 0.29) is 11.6 Å². The van der Waals surface area contributed by atoms with E-state index in [1.54, 1.807) is 30.5 Å². The lowest BCUT2D eigenvalue weighted by Gasteiger charge is -1.95. The second kappa shape index (κ2) is 7.09. The molecule has 0 radical (unpaired) electrons. The van der Waals surface area contributed by atoms with Gasteiger partial charge in [-0.15, -0.1) is 0 Å². The van der Waals surface area contributed by atoms with Crippen molar-refractivity contribution in [2.45, 2.75) is 11.0 Å². The minimum Gasteiger partial charge on any atom is -0.431 e. The van der Waals surface area contributed by atoms with Gasteiger partial charge in [0.2, 0.25) is 0 Å². The van der Waals surface area contributed by atoms with Gasteiger partial charge < -0.3 is 8.94 Å². The Kier molecular flexibility index (Phi) is 4.49. The van der Waals surface area contributed by atoms with Gasteiger partial charge in [-0.1, -0.05) is 16.9 Å². The lowest BCUT2D eigenvalue weighted by atomic mass is 10.2. The molecule has 0 aliphatic heterocycles. The highest BCUT2D eigenvalue weighted by atomic mass is 32.2. The van der Waals surface area contributed by atoms with Crippen molar-refractivity contribution in [2.24, 2.45) is 0 Å². The molecule has 0 spiro atoms. The number of hydrogen-bond acceptors (Lipinski definition) is 6. The lowest BCUT2D eigenvalue weighted by Crippen LogP contribution is -1.84. The van der Waals surface area contributed by atoms with Crippen LogP contribution in [-0.2, 0) is 5.75 Å². The van der Waals surface area contributed by atoms with Crippen LogP contribution in [0.15, 0.2) is 68.9 Å². The van der Waals surface area contributed by atoms with E-state index in [1.165, 1.54) is 36.0 Å². The van der Waals surface area contributed by atoms with E-state index < -0.39 is 0 Å². The van der Waals surface area contributed by atoms with Gasteiger partial charge in [0.1, 0.15) is 11.6 Å². The van der Waals surface area contributed by atoms with Crippen molar-refractivity contribution in [3.05, 3.63) is 72.2 Å². The van der Waals surface area contributed by atoms with E-state index in [0.717, 1.165) is 5.56 Å². The van der Waals surface area contributed by atoms with Gasteiger partial charge in [-0.25, -0.2) is 13.8 Å². The number of benzene rings is 2. The molecule has 5 nitrogen and oxygen atoms in total.